The van der Waals surface area contributed by atoms with Crippen LogP contribution < -0.4 is 0 Å². The Bertz CT molecular complexity index is 451. The van der Waals surface area contributed by atoms with E-state index in [1.807, 2.05) is 16.9 Å². The molecule has 1 aromatic carbocycles. The van der Waals surface area contributed by atoms with Gasteiger partial charge in [0.15, 0.2) is 0 Å². The molecule has 2 nitrogen and oxygen atoms in total. The molecule has 0 saturated carbocycles. The van der Waals surface area contributed by atoms with Gasteiger partial charge in [-0.1, -0.05) is 43.2 Å². The van der Waals surface area contributed by atoms with Crippen LogP contribution in [-0.2, 0) is 6.54 Å². The van der Waals surface area contributed by atoms with Crippen molar-refractivity contribution in [1.82, 2.24) is 9.78 Å². The minimum atomic E-state index is 1.000. The smallest absolute Gasteiger partial charge is 0.0568 e. The molecule has 0 N–H and O–H groups in total. The topological polar surface area (TPSA) is 17.8 Å². The predicted octanol–water partition coefficient (Wildman–Crippen LogP) is 4.04. The molecule has 0 amide bonds. The van der Waals surface area contributed by atoms with E-state index in [9.17, 15) is 0 Å². The number of nitrogens with zero attached hydrogens (tertiary/aromatic N) is 2. The highest BCUT2D eigenvalue weighted by Crippen LogP contribution is 2.17. The first-order valence-corrected chi connectivity index (χ1v) is 7.22. The summed E-state index contributed by atoms with van der Waals surface area (Å²) in [7, 11) is 0. The van der Waals surface area contributed by atoms with Crippen molar-refractivity contribution >= 4 is 12.6 Å². The zero-order valence-corrected chi connectivity index (χ0v) is 11.5. The van der Waals surface area contributed by atoms with Crippen LogP contribution in [0.1, 0.15) is 25.7 Å². The van der Waals surface area contributed by atoms with Crippen molar-refractivity contribution in [3.05, 3.63) is 42.7 Å². The second kappa shape index (κ2) is 7.27. The first-order valence-electron chi connectivity index (χ1n) is 6.59. The Morgan fingerprint density at radius 3 is 2.50 bits per heavy atom. The first-order chi connectivity index (χ1) is 8.90. The van der Waals surface area contributed by atoms with Gasteiger partial charge in [0.25, 0.3) is 0 Å². The van der Waals surface area contributed by atoms with E-state index in [2.05, 4.69) is 48.2 Å². The number of aromatic nitrogens is 2. The van der Waals surface area contributed by atoms with Crippen LogP contribution in [0.4, 0.5) is 0 Å². The molecule has 0 fully saturated rings. The van der Waals surface area contributed by atoms with E-state index in [1.54, 1.807) is 0 Å². The molecule has 2 aromatic rings. The number of rotatable bonds is 7. The van der Waals surface area contributed by atoms with Gasteiger partial charge >= 0.3 is 0 Å². The number of aryl methyl sites for hydroxylation is 1. The van der Waals surface area contributed by atoms with Crippen LogP contribution in [0.5, 0.6) is 0 Å². The number of thiol groups is 1. The lowest BCUT2D eigenvalue weighted by molar-refractivity contribution is 0.542. The molecule has 2 rings (SSSR count). The van der Waals surface area contributed by atoms with E-state index in [0.717, 1.165) is 12.3 Å². The summed E-state index contributed by atoms with van der Waals surface area (Å²) in [4.78, 5) is 0. The molecule has 0 saturated heterocycles. The second-order valence-corrected chi connectivity index (χ2v) is 4.94. The Labute approximate surface area is 114 Å². The summed E-state index contributed by atoms with van der Waals surface area (Å²) in [6, 6.07) is 10.4. The average Bonchev–Trinajstić information content (AvgIpc) is 2.88. The summed E-state index contributed by atoms with van der Waals surface area (Å²) in [5, 5.41) is 4.41. The largest absolute Gasteiger partial charge is 0.272 e. The van der Waals surface area contributed by atoms with Gasteiger partial charge < -0.3 is 0 Å². The van der Waals surface area contributed by atoms with E-state index in [0.29, 0.717) is 0 Å². The highest BCUT2D eigenvalue weighted by molar-refractivity contribution is 7.80. The fraction of sp³-hybridized carbons (Fsp3) is 0.400. The van der Waals surface area contributed by atoms with Gasteiger partial charge in [0, 0.05) is 18.3 Å². The summed E-state index contributed by atoms with van der Waals surface area (Å²) in [5.74, 6) is 1.000. The monoisotopic (exact) mass is 260 g/mol. The fourth-order valence-electron chi connectivity index (χ4n) is 2.00. The van der Waals surface area contributed by atoms with Gasteiger partial charge in [0.1, 0.15) is 0 Å². The fourth-order valence-corrected chi connectivity index (χ4v) is 2.23. The highest BCUT2D eigenvalue weighted by Gasteiger charge is 2.00. The van der Waals surface area contributed by atoms with E-state index < -0.39 is 0 Å². The van der Waals surface area contributed by atoms with E-state index >= 15 is 0 Å². The zero-order valence-electron chi connectivity index (χ0n) is 10.6. The second-order valence-electron chi connectivity index (χ2n) is 4.50. The summed E-state index contributed by atoms with van der Waals surface area (Å²) in [6.45, 7) is 1.01. The van der Waals surface area contributed by atoms with Gasteiger partial charge in [0.05, 0.1) is 6.20 Å². The third-order valence-corrected chi connectivity index (χ3v) is 3.35. The summed E-state index contributed by atoms with van der Waals surface area (Å²) in [5.41, 5.74) is 2.43. The summed E-state index contributed by atoms with van der Waals surface area (Å²) < 4.78 is 2.04. The maximum Gasteiger partial charge on any atom is 0.0568 e. The molecule has 96 valence electrons. The van der Waals surface area contributed by atoms with Gasteiger partial charge in [-0.05, 0) is 24.2 Å². The first kappa shape index (κ1) is 13.2. The molecule has 0 atom stereocenters. The molecule has 0 aliphatic heterocycles. The normalized spacial score (nSPS) is 10.7. The number of hydrogen-bond acceptors (Lipinski definition) is 2. The van der Waals surface area contributed by atoms with Crippen LogP contribution in [0.15, 0.2) is 42.7 Å². The van der Waals surface area contributed by atoms with Gasteiger partial charge in [-0.3, -0.25) is 4.68 Å². The molecule has 0 radical (unpaired) electrons. The Balaban J connectivity index is 1.83. The van der Waals surface area contributed by atoms with Crippen LogP contribution in [0.2, 0.25) is 0 Å². The van der Waals surface area contributed by atoms with E-state index in [-0.39, 0.29) is 0 Å². The molecule has 0 unspecified atom stereocenters. The van der Waals surface area contributed by atoms with Crippen molar-refractivity contribution in [3.63, 3.8) is 0 Å². The van der Waals surface area contributed by atoms with Crippen molar-refractivity contribution in [3.8, 4) is 11.1 Å². The van der Waals surface area contributed by atoms with Gasteiger partial charge in [-0.2, -0.15) is 17.7 Å². The van der Waals surface area contributed by atoms with Crippen molar-refractivity contribution in [2.75, 3.05) is 5.75 Å². The average molecular weight is 260 g/mol. The minimum Gasteiger partial charge on any atom is -0.272 e. The molecule has 0 aliphatic rings. The maximum absolute atomic E-state index is 4.41. The van der Waals surface area contributed by atoms with Crippen LogP contribution in [0, 0.1) is 0 Å². The van der Waals surface area contributed by atoms with Crippen LogP contribution in [0.3, 0.4) is 0 Å². The van der Waals surface area contributed by atoms with E-state index in [4.69, 9.17) is 0 Å². The maximum atomic E-state index is 4.41. The lowest BCUT2D eigenvalue weighted by Gasteiger charge is -2.01. The number of unbranched alkanes of at least 4 members (excludes halogenated alkanes) is 3. The predicted molar refractivity (Wildman–Crippen MR) is 80.0 cm³/mol. The van der Waals surface area contributed by atoms with Gasteiger partial charge in [0.2, 0.25) is 0 Å². The van der Waals surface area contributed by atoms with Crippen molar-refractivity contribution in [1.29, 1.82) is 0 Å². The Kier molecular flexibility index (Phi) is 5.34. The molecule has 3 heteroatoms. The standard InChI is InChI=1S/C15H20N2S/c18-11-7-2-1-6-10-17-13-15(12-16-17)14-8-4-3-5-9-14/h3-5,8-9,12-13,18H,1-2,6-7,10-11H2. The summed E-state index contributed by atoms with van der Waals surface area (Å²) in [6.07, 6.45) is 9.04. The van der Waals surface area contributed by atoms with Gasteiger partial charge in [-0.25, -0.2) is 0 Å². The lowest BCUT2D eigenvalue weighted by Crippen LogP contribution is -1.97. The Hall–Kier alpha value is -1.22. The lowest BCUT2D eigenvalue weighted by atomic mass is 10.1. The number of benzene rings is 1. The minimum absolute atomic E-state index is 1.000. The molecular formula is C15H20N2S. The summed E-state index contributed by atoms with van der Waals surface area (Å²) >= 11 is 4.22. The molecule has 0 aliphatic carbocycles. The molecule has 1 aromatic heterocycles. The SMILES string of the molecule is SCCCCCCn1cc(-c2ccccc2)cn1. The molecule has 1 heterocycles. The highest BCUT2D eigenvalue weighted by atomic mass is 32.1. The third kappa shape index (κ3) is 3.91. The molecule has 18 heavy (non-hydrogen) atoms. The quantitative estimate of drug-likeness (QED) is 0.587. The number of hydrogen-bond donors (Lipinski definition) is 1. The van der Waals surface area contributed by atoms with Crippen LogP contribution >= 0.6 is 12.6 Å². The van der Waals surface area contributed by atoms with Crippen LogP contribution in [-0.4, -0.2) is 15.5 Å². The van der Waals surface area contributed by atoms with Crippen LogP contribution in [0.25, 0.3) is 11.1 Å². The van der Waals surface area contributed by atoms with Crippen molar-refractivity contribution < 1.29 is 0 Å². The Morgan fingerprint density at radius 1 is 0.944 bits per heavy atom. The molecule has 0 bridgehead atoms. The third-order valence-electron chi connectivity index (χ3n) is 3.04. The molecule has 0 spiro atoms. The van der Waals surface area contributed by atoms with E-state index in [1.165, 1.54) is 36.8 Å². The van der Waals surface area contributed by atoms with Gasteiger partial charge in [-0.15, -0.1) is 0 Å². The van der Waals surface area contributed by atoms with Crippen molar-refractivity contribution in [2.45, 2.75) is 32.2 Å². The molecular weight excluding hydrogens is 240 g/mol. The van der Waals surface area contributed by atoms with Crippen molar-refractivity contribution in [2.24, 2.45) is 0 Å². The zero-order chi connectivity index (χ0) is 12.6. The Morgan fingerprint density at radius 2 is 1.72 bits per heavy atom.